The molecule has 0 saturated carbocycles. The Bertz CT molecular complexity index is 702. The third-order valence-corrected chi connectivity index (χ3v) is 5.74. The number of thiophene rings is 1. The number of halogens is 2. The molecule has 5 nitrogen and oxygen atoms in total. The van der Waals surface area contributed by atoms with Crippen LogP contribution in [0.2, 0.25) is 0 Å². The van der Waals surface area contributed by atoms with Crippen LogP contribution in [0, 0.1) is 6.92 Å². The zero-order valence-electron chi connectivity index (χ0n) is 10.4. The van der Waals surface area contributed by atoms with Crippen LogP contribution in [-0.2, 0) is 9.05 Å². The van der Waals surface area contributed by atoms with Crippen molar-refractivity contribution in [2.24, 2.45) is 0 Å². The summed E-state index contributed by atoms with van der Waals surface area (Å²) in [6.45, 7) is 5.67. The number of rotatable bonds is 3. The van der Waals surface area contributed by atoms with Crippen molar-refractivity contribution in [2.45, 2.75) is 32.0 Å². The molecule has 0 aliphatic carbocycles. The third kappa shape index (κ3) is 2.86. The van der Waals surface area contributed by atoms with Gasteiger partial charge in [0.15, 0.2) is 5.82 Å². The fraction of sp³-hybridized carbons (Fsp3) is 0.400. The molecule has 0 aliphatic heterocycles. The molecule has 2 heterocycles. The van der Waals surface area contributed by atoms with Crippen molar-refractivity contribution in [2.75, 3.05) is 0 Å². The summed E-state index contributed by atoms with van der Waals surface area (Å²) in [7, 11) is 1.47. The summed E-state index contributed by atoms with van der Waals surface area (Å²) in [4.78, 5) is 0.845. The highest BCUT2D eigenvalue weighted by Crippen LogP contribution is 2.35. The lowest BCUT2D eigenvalue weighted by Gasteiger charge is -2.11. The summed E-state index contributed by atoms with van der Waals surface area (Å²) in [6.07, 6.45) is 0. The van der Waals surface area contributed by atoms with Crippen LogP contribution in [0.1, 0.15) is 25.5 Å². The van der Waals surface area contributed by atoms with Gasteiger partial charge < -0.3 is 0 Å². The van der Waals surface area contributed by atoms with Gasteiger partial charge in [0.1, 0.15) is 0 Å². The lowest BCUT2D eigenvalue weighted by Crippen LogP contribution is -2.09. The average Bonchev–Trinajstić information content (AvgIpc) is 2.82. The molecule has 0 fully saturated rings. The predicted octanol–water partition coefficient (Wildman–Crippen LogP) is 3.59. The molecule has 0 aromatic carbocycles. The van der Waals surface area contributed by atoms with E-state index in [4.69, 9.17) is 10.7 Å². The van der Waals surface area contributed by atoms with Crippen LogP contribution < -0.4 is 0 Å². The van der Waals surface area contributed by atoms with E-state index in [1.54, 1.807) is 0 Å². The molecule has 0 atom stereocenters. The zero-order valence-corrected chi connectivity index (χ0v) is 14.4. The first-order chi connectivity index (χ1) is 8.71. The maximum absolute atomic E-state index is 11.5. The maximum atomic E-state index is 11.5. The number of aryl methyl sites for hydroxylation is 1. The standard InChI is InChI=1S/C10H11BrClN3O2S2/c1-5(2)15-9(7-4-6(3)8(11)18-7)13-14-10(15)19(12,16)17/h4-5H,1-3H3. The highest BCUT2D eigenvalue weighted by atomic mass is 79.9. The maximum Gasteiger partial charge on any atom is 0.296 e. The molecular weight excluding hydrogens is 374 g/mol. The Morgan fingerprint density at radius 1 is 1.42 bits per heavy atom. The Kier molecular flexibility index (Phi) is 4.06. The second-order valence-corrected chi connectivity index (χ2v) is 9.10. The molecule has 0 spiro atoms. The Morgan fingerprint density at radius 2 is 2.05 bits per heavy atom. The van der Waals surface area contributed by atoms with Gasteiger partial charge in [0.05, 0.1) is 8.66 Å². The quantitative estimate of drug-likeness (QED) is 0.759. The molecule has 0 amide bonds. The van der Waals surface area contributed by atoms with E-state index in [1.807, 2.05) is 26.8 Å². The van der Waals surface area contributed by atoms with E-state index in [-0.39, 0.29) is 11.2 Å². The lowest BCUT2D eigenvalue weighted by molar-refractivity contribution is 0.531. The highest BCUT2D eigenvalue weighted by molar-refractivity contribution is 9.11. The van der Waals surface area contributed by atoms with E-state index < -0.39 is 9.05 Å². The minimum absolute atomic E-state index is 0.116. The number of nitrogens with zero attached hydrogens (tertiary/aromatic N) is 3. The molecule has 0 radical (unpaired) electrons. The van der Waals surface area contributed by atoms with Crippen LogP contribution in [0.25, 0.3) is 10.7 Å². The van der Waals surface area contributed by atoms with Crippen molar-refractivity contribution >= 4 is 47.0 Å². The van der Waals surface area contributed by atoms with Gasteiger partial charge in [-0.25, -0.2) is 8.42 Å². The molecule has 0 N–H and O–H groups in total. The minimum atomic E-state index is -3.91. The Labute approximate surface area is 128 Å². The molecule has 0 aliphatic rings. The van der Waals surface area contributed by atoms with Crippen LogP contribution in [0.5, 0.6) is 0 Å². The van der Waals surface area contributed by atoms with Gasteiger partial charge >= 0.3 is 0 Å². The monoisotopic (exact) mass is 383 g/mol. The summed E-state index contributed by atoms with van der Waals surface area (Å²) >= 11 is 4.92. The van der Waals surface area contributed by atoms with Crippen LogP contribution in [0.15, 0.2) is 15.0 Å². The molecule has 2 aromatic heterocycles. The zero-order chi connectivity index (χ0) is 14.4. The Balaban J connectivity index is 2.69. The summed E-state index contributed by atoms with van der Waals surface area (Å²) < 4.78 is 25.5. The first-order valence-corrected chi connectivity index (χ1v) is 9.29. The first kappa shape index (κ1) is 15.0. The van der Waals surface area contributed by atoms with Gasteiger partial charge in [-0.05, 0) is 48.3 Å². The number of aromatic nitrogens is 3. The summed E-state index contributed by atoms with van der Waals surface area (Å²) in [6, 6.07) is 1.82. The predicted molar refractivity (Wildman–Crippen MR) is 79.2 cm³/mol. The smallest absolute Gasteiger partial charge is 0.294 e. The van der Waals surface area contributed by atoms with Gasteiger partial charge in [0, 0.05) is 16.7 Å². The van der Waals surface area contributed by atoms with Crippen molar-refractivity contribution < 1.29 is 8.42 Å². The molecular formula is C10H11BrClN3O2S2. The second kappa shape index (κ2) is 5.16. The van der Waals surface area contributed by atoms with Gasteiger partial charge in [0.2, 0.25) is 0 Å². The SMILES string of the molecule is Cc1cc(-c2nnc(S(=O)(=O)Cl)n2C(C)C)sc1Br. The van der Waals surface area contributed by atoms with Crippen molar-refractivity contribution in [3.05, 3.63) is 15.4 Å². The molecule has 2 aromatic rings. The summed E-state index contributed by atoms with van der Waals surface area (Å²) in [5, 5.41) is 7.45. The topological polar surface area (TPSA) is 64.8 Å². The van der Waals surface area contributed by atoms with E-state index in [2.05, 4.69) is 26.1 Å². The second-order valence-electron chi connectivity index (χ2n) is 4.28. The number of hydrogen-bond acceptors (Lipinski definition) is 5. The number of hydrogen-bond donors (Lipinski definition) is 0. The van der Waals surface area contributed by atoms with Gasteiger partial charge in [-0.1, -0.05) is 0 Å². The summed E-state index contributed by atoms with van der Waals surface area (Å²) in [5.74, 6) is 0.507. The van der Waals surface area contributed by atoms with E-state index in [9.17, 15) is 8.42 Å². The average molecular weight is 385 g/mol. The largest absolute Gasteiger partial charge is 0.296 e. The highest BCUT2D eigenvalue weighted by Gasteiger charge is 2.25. The summed E-state index contributed by atoms with van der Waals surface area (Å²) in [5.41, 5.74) is 1.06. The Morgan fingerprint density at radius 3 is 2.47 bits per heavy atom. The van der Waals surface area contributed by atoms with E-state index in [0.29, 0.717) is 5.82 Å². The van der Waals surface area contributed by atoms with E-state index in [0.717, 1.165) is 14.2 Å². The minimum Gasteiger partial charge on any atom is -0.294 e. The van der Waals surface area contributed by atoms with Crippen LogP contribution in [0.3, 0.4) is 0 Å². The molecule has 0 unspecified atom stereocenters. The van der Waals surface area contributed by atoms with Crippen LogP contribution in [0.4, 0.5) is 0 Å². The first-order valence-electron chi connectivity index (χ1n) is 5.37. The van der Waals surface area contributed by atoms with Crippen molar-refractivity contribution in [1.82, 2.24) is 14.8 Å². The fourth-order valence-electron chi connectivity index (χ4n) is 1.65. The van der Waals surface area contributed by atoms with Crippen LogP contribution >= 0.6 is 37.9 Å². The van der Waals surface area contributed by atoms with Crippen molar-refractivity contribution in [3.8, 4) is 10.7 Å². The van der Waals surface area contributed by atoms with Crippen molar-refractivity contribution in [3.63, 3.8) is 0 Å². The molecule has 0 bridgehead atoms. The molecule has 104 valence electrons. The van der Waals surface area contributed by atoms with Crippen LogP contribution in [-0.4, -0.2) is 23.2 Å². The lowest BCUT2D eigenvalue weighted by atomic mass is 10.3. The van der Waals surface area contributed by atoms with Gasteiger partial charge in [-0.3, -0.25) is 4.57 Å². The van der Waals surface area contributed by atoms with Gasteiger partial charge in [-0.2, -0.15) is 0 Å². The molecule has 2 rings (SSSR count). The molecule has 19 heavy (non-hydrogen) atoms. The Hall–Kier alpha value is -0.440. The van der Waals surface area contributed by atoms with Gasteiger partial charge in [-0.15, -0.1) is 21.5 Å². The normalized spacial score (nSPS) is 12.3. The molecule has 9 heteroatoms. The molecule has 0 saturated heterocycles. The fourth-order valence-corrected chi connectivity index (χ4v) is 4.15. The van der Waals surface area contributed by atoms with E-state index >= 15 is 0 Å². The van der Waals surface area contributed by atoms with Gasteiger partial charge in [0.25, 0.3) is 14.2 Å². The van der Waals surface area contributed by atoms with E-state index in [1.165, 1.54) is 15.9 Å². The van der Waals surface area contributed by atoms with Crippen molar-refractivity contribution in [1.29, 1.82) is 0 Å². The third-order valence-electron chi connectivity index (χ3n) is 2.48.